The van der Waals surface area contributed by atoms with Crippen molar-refractivity contribution in [3.63, 3.8) is 0 Å². The van der Waals surface area contributed by atoms with Crippen LogP contribution < -0.4 is 14.8 Å². The normalized spacial score (nSPS) is 10.7. The van der Waals surface area contributed by atoms with Gasteiger partial charge in [-0.3, -0.25) is 10.1 Å². The van der Waals surface area contributed by atoms with Crippen LogP contribution in [0.5, 0.6) is 11.5 Å². The van der Waals surface area contributed by atoms with Gasteiger partial charge in [-0.15, -0.1) is 0 Å². The van der Waals surface area contributed by atoms with E-state index in [1.54, 1.807) is 18.2 Å². The molecule has 1 heterocycles. The van der Waals surface area contributed by atoms with Crippen molar-refractivity contribution in [3.05, 3.63) is 54.1 Å². The Balaban J connectivity index is 1.56. The molecule has 140 valence electrons. The van der Waals surface area contributed by atoms with E-state index in [0.29, 0.717) is 22.3 Å². The van der Waals surface area contributed by atoms with Gasteiger partial charge in [0.2, 0.25) is 5.13 Å². The summed E-state index contributed by atoms with van der Waals surface area (Å²) in [4.78, 5) is 16.2. The van der Waals surface area contributed by atoms with Gasteiger partial charge >= 0.3 is 6.61 Å². The van der Waals surface area contributed by atoms with E-state index in [9.17, 15) is 13.6 Å². The minimum Gasteiger partial charge on any atom is -0.484 e. The van der Waals surface area contributed by atoms with E-state index in [0.717, 1.165) is 17.1 Å². The summed E-state index contributed by atoms with van der Waals surface area (Å²) in [5.41, 5.74) is 1.65. The molecule has 0 saturated heterocycles. The van der Waals surface area contributed by atoms with Crippen LogP contribution >= 0.6 is 11.5 Å². The third-order valence-electron chi connectivity index (χ3n) is 3.37. The van der Waals surface area contributed by atoms with Crippen LogP contribution in [0.1, 0.15) is 5.56 Å². The molecule has 0 spiro atoms. The number of carbonyl (C=O) groups excluding carboxylic acids is 1. The first-order valence-electron chi connectivity index (χ1n) is 7.88. The zero-order chi connectivity index (χ0) is 19.2. The minimum atomic E-state index is -2.88. The van der Waals surface area contributed by atoms with Gasteiger partial charge in [-0.05, 0) is 48.9 Å². The summed E-state index contributed by atoms with van der Waals surface area (Å²) >= 11 is 1.01. The molecule has 3 rings (SSSR count). The SMILES string of the molecule is Cc1cccc(OCC(=O)Nc2nc(-c3ccc(OC(F)F)cc3)ns2)c1. The predicted octanol–water partition coefficient (Wildman–Crippen LogP) is 4.13. The molecule has 1 amide bonds. The van der Waals surface area contributed by atoms with E-state index in [-0.39, 0.29) is 18.3 Å². The maximum absolute atomic E-state index is 12.2. The number of amides is 1. The molecular weight excluding hydrogens is 376 g/mol. The molecule has 0 aliphatic rings. The van der Waals surface area contributed by atoms with Crippen LogP contribution in [-0.4, -0.2) is 28.5 Å². The molecule has 0 aliphatic carbocycles. The quantitative estimate of drug-likeness (QED) is 0.656. The molecule has 0 saturated carbocycles. The number of ether oxygens (including phenoxy) is 2. The molecule has 0 radical (unpaired) electrons. The first kappa shape index (κ1) is 18.7. The Morgan fingerprint density at radius 2 is 1.96 bits per heavy atom. The number of aryl methyl sites for hydroxylation is 1. The predicted molar refractivity (Wildman–Crippen MR) is 97.3 cm³/mol. The molecule has 0 atom stereocenters. The number of anilines is 1. The Hall–Kier alpha value is -3.07. The number of halogens is 2. The van der Waals surface area contributed by atoms with Crippen LogP contribution in [-0.2, 0) is 4.79 Å². The van der Waals surface area contributed by atoms with Crippen molar-refractivity contribution >= 4 is 22.6 Å². The minimum absolute atomic E-state index is 0.0470. The molecule has 1 aromatic heterocycles. The maximum atomic E-state index is 12.2. The Morgan fingerprint density at radius 1 is 1.19 bits per heavy atom. The number of aromatic nitrogens is 2. The summed E-state index contributed by atoms with van der Waals surface area (Å²) in [6.07, 6.45) is 0. The molecular formula is C18H15F2N3O3S. The Bertz CT molecular complexity index is 916. The molecule has 2 aromatic carbocycles. The lowest BCUT2D eigenvalue weighted by Crippen LogP contribution is -2.20. The van der Waals surface area contributed by atoms with Gasteiger partial charge in [0.25, 0.3) is 5.91 Å². The summed E-state index contributed by atoms with van der Waals surface area (Å²) in [6, 6.07) is 13.3. The molecule has 0 aliphatic heterocycles. The van der Waals surface area contributed by atoms with Gasteiger partial charge in [0.1, 0.15) is 11.5 Å². The molecule has 3 aromatic rings. The van der Waals surface area contributed by atoms with Gasteiger partial charge in [0.05, 0.1) is 0 Å². The Morgan fingerprint density at radius 3 is 2.67 bits per heavy atom. The van der Waals surface area contributed by atoms with Gasteiger partial charge in [0, 0.05) is 17.1 Å². The van der Waals surface area contributed by atoms with Crippen LogP contribution in [0.3, 0.4) is 0 Å². The second kappa shape index (κ2) is 8.54. The van der Waals surface area contributed by atoms with E-state index in [2.05, 4.69) is 19.4 Å². The number of alkyl halides is 2. The highest BCUT2D eigenvalue weighted by Crippen LogP contribution is 2.24. The van der Waals surface area contributed by atoms with Gasteiger partial charge < -0.3 is 9.47 Å². The fourth-order valence-corrected chi connectivity index (χ4v) is 2.79. The monoisotopic (exact) mass is 391 g/mol. The summed E-state index contributed by atoms with van der Waals surface area (Å²) in [6.45, 7) is -1.10. The largest absolute Gasteiger partial charge is 0.484 e. The standard InChI is InChI=1S/C18H15F2N3O3S/c1-11-3-2-4-14(9-11)25-10-15(24)21-18-22-16(23-27-18)12-5-7-13(8-6-12)26-17(19)20/h2-9,17H,10H2,1H3,(H,21,22,23,24). The lowest BCUT2D eigenvalue weighted by molar-refractivity contribution is -0.118. The zero-order valence-corrected chi connectivity index (χ0v) is 15.0. The van der Waals surface area contributed by atoms with Crippen LogP contribution in [0, 0.1) is 6.92 Å². The summed E-state index contributed by atoms with van der Waals surface area (Å²) < 4.78 is 38.2. The Kier molecular flexibility index (Phi) is 5.92. The molecule has 0 bridgehead atoms. The van der Waals surface area contributed by atoms with Crippen molar-refractivity contribution in [2.24, 2.45) is 0 Å². The van der Waals surface area contributed by atoms with Crippen LogP contribution in [0.2, 0.25) is 0 Å². The van der Waals surface area contributed by atoms with Crippen molar-refractivity contribution < 1.29 is 23.0 Å². The molecule has 6 nitrogen and oxygen atoms in total. The first-order chi connectivity index (χ1) is 13.0. The Labute approximate surface area is 157 Å². The van der Waals surface area contributed by atoms with Crippen LogP contribution in [0.4, 0.5) is 13.9 Å². The van der Waals surface area contributed by atoms with Gasteiger partial charge in [0.15, 0.2) is 12.4 Å². The van der Waals surface area contributed by atoms with Gasteiger partial charge in [-0.2, -0.15) is 18.1 Å². The van der Waals surface area contributed by atoms with E-state index >= 15 is 0 Å². The topological polar surface area (TPSA) is 73.3 Å². The zero-order valence-electron chi connectivity index (χ0n) is 14.2. The highest BCUT2D eigenvalue weighted by molar-refractivity contribution is 7.10. The summed E-state index contributed by atoms with van der Waals surface area (Å²) in [5.74, 6) is 0.665. The second-order valence-corrected chi connectivity index (χ2v) is 6.23. The summed E-state index contributed by atoms with van der Waals surface area (Å²) in [7, 11) is 0. The van der Waals surface area contributed by atoms with Crippen molar-refractivity contribution in [2.45, 2.75) is 13.5 Å². The van der Waals surface area contributed by atoms with E-state index in [1.165, 1.54) is 12.1 Å². The number of nitrogens with one attached hydrogen (secondary N) is 1. The fourth-order valence-electron chi connectivity index (χ4n) is 2.19. The third kappa shape index (κ3) is 5.45. The van der Waals surface area contributed by atoms with Crippen LogP contribution in [0.15, 0.2) is 48.5 Å². The van der Waals surface area contributed by atoms with Crippen molar-refractivity contribution in [2.75, 3.05) is 11.9 Å². The van der Waals surface area contributed by atoms with Crippen LogP contribution in [0.25, 0.3) is 11.4 Å². The smallest absolute Gasteiger partial charge is 0.387 e. The van der Waals surface area contributed by atoms with E-state index in [1.807, 2.05) is 25.1 Å². The lowest BCUT2D eigenvalue weighted by atomic mass is 10.2. The number of hydrogen-bond donors (Lipinski definition) is 1. The molecule has 9 heteroatoms. The van der Waals surface area contributed by atoms with Crippen molar-refractivity contribution in [1.82, 2.24) is 9.36 Å². The molecule has 1 N–H and O–H groups in total. The highest BCUT2D eigenvalue weighted by atomic mass is 32.1. The lowest BCUT2D eigenvalue weighted by Gasteiger charge is -2.06. The fraction of sp³-hybridized carbons (Fsp3) is 0.167. The first-order valence-corrected chi connectivity index (χ1v) is 8.65. The second-order valence-electron chi connectivity index (χ2n) is 5.48. The average Bonchev–Trinajstić information content (AvgIpc) is 3.08. The third-order valence-corrected chi connectivity index (χ3v) is 4.00. The number of rotatable bonds is 7. The number of carbonyl (C=O) groups is 1. The number of nitrogens with zero attached hydrogens (tertiary/aromatic N) is 2. The van der Waals surface area contributed by atoms with E-state index in [4.69, 9.17) is 4.74 Å². The molecule has 0 fully saturated rings. The number of benzene rings is 2. The summed E-state index contributed by atoms with van der Waals surface area (Å²) in [5, 5.41) is 2.93. The van der Waals surface area contributed by atoms with Gasteiger partial charge in [-0.1, -0.05) is 12.1 Å². The molecule has 0 unspecified atom stereocenters. The average molecular weight is 391 g/mol. The van der Waals surface area contributed by atoms with E-state index < -0.39 is 6.61 Å². The van der Waals surface area contributed by atoms with Crippen molar-refractivity contribution in [1.29, 1.82) is 0 Å². The maximum Gasteiger partial charge on any atom is 0.387 e. The highest BCUT2D eigenvalue weighted by Gasteiger charge is 2.11. The van der Waals surface area contributed by atoms with Gasteiger partial charge in [-0.25, -0.2) is 0 Å². The molecule has 27 heavy (non-hydrogen) atoms. The van der Waals surface area contributed by atoms with Crippen molar-refractivity contribution in [3.8, 4) is 22.9 Å². The number of hydrogen-bond acceptors (Lipinski definition) is 6.